The van der Waals surface area contributed by atoms with Crippen molar-refractivity contribution in [3.63, 3.8) is 0 Å². The smallest absolute Gasteiger partial charge is 0.240 e. The van der Waals surface area contributed by atoms with E-state index in [4.69, 9.17) is 0 Å². The highest BCUT2D eigenvalue weighted by atomic mass is 32.2. The van der Waals surface area contributed by atoms with Crippen LogP contribution >= 0.6 is 0 Å². The Morgan fingerprint density at radius 3 is 2.50 bits per heavy atom. The number of halogens is 3. The third-order valence-electron chi connectivity index (χ3n) is 4.69. The predicted octanol–water partition coefficient (Wildman–Crippen LogP) is 2.99. The molecule has 1 aromatic rings. The second-order valence-corrected chi connectivity index (χ2v) is 8.65. The maximum Gasteiger partial charge on any atom is 0.433 e. The van der Waals surface area contributed by atoms with Gasteiger partial charge in [-0.25, -0.2) is 18.4 Å². The molecule has 0 atom stereocenters. The minimum absolute atomic E-state index is 0.0222. The van der Waals surface area contributed by atoms with E-state index in [-0.39, 0.29) is 17.5 Å². The van der Waals surface area contributed by atoms with Crippen LogP contribution in [-0.4, -0.2) is 24.1 Å². The van der Waals surface area contributed by atoms with Gasteiger partial charge < -0.3 is 0 Å². The number of nitrogens with zero attached hydrogens (tertiary/aromatic N) is 2. The molecule has 4 nitrogen and oxygen atoms in total. The Hall–Kier alpha value is -1.18. The molecule has 2 saturated carbocycles. The lowest BCUT2D eigenvalue weighted by atomic mass is 9.52. The minimum atomic E-state index is -4.59. The molecule has 0 aromatic carbocycles. The quantitative estimate of drug-likeness (QED) is 0.849. The van der Waals surface area contributed by atoms with Crippen molar-refractivity contribution in [2.75, 3.05) is 5.75 Å². The molecule has 122 valence electrons. The van der Waals surface area contributed by atoms with Crippen molar-refractivity contribution < 1.29 is 21.6 Å². The van der Waals surface area contributed by atoms with Gasteiger partial charge >= 0.3 is 6.18 Å². The van der Waals surface area contributed by atoms with Gasteiger partial charge in [-0.05, 0) is 43.1 Å². The molecule has 22 heavy (non-hydrogen) atoms. The van der Waals surface area contributed by atoms with Crippen molar-refractivity contribution in [3.05, 3.63) is 23.8 Å². The molecule has 0 bridgehead atoms. The van der Waals surface area contributed by atoms with Crippen LogP contribution in [0.5, 0.6) is 0 Å². The standard InChI is InChI=1S/C14H17F3N2O2S/c15-14(16,17)11-2-5-18-12(19-11)9-22(20,21)8-10-6-13(7-10)3-1-4-13/h2,5,10H,1,3-4,6-9H2. The third-order valence-corrected chi connectivity index (χ3v) is 6.37. The Labute approximate surface area is 127 Å². The van der Waals surface area contributed by atoms with Gasteiger partial charge in [-0.2, -0.15) is 13.2 Å². The largest absolute Gasteiger partial charge is 0.433 e. The third kappa shape index (κ3) is 3.26. The molecular formula is C14H17F3N2O2S. The summed E-state index contributed by atoms with van der Waals surface area (Å²) in [6.45, 7) is 0. The van der Waals surface area contributed by atoms with E-state index < -0.39 is 27.5 Å². The van der Waals surface area contributed by atoms with Gasteiger partial charge in [0, 0.05) is 6.20 Å². The lowest BCUT2D eigenvalue weighted by Gasteiger charge is -2.54. The zero-order valence-corrected chi connectivity index (χ0v) is 12.8. The first kappa shape index (κ1) is 15.7. The van der Waals surface area contributed by atoms with Gasteiger partial charge in [0.2, 0.25) is 0 Å². The van der Waals surface area contributed by atoms with E-state index in [0.717, 1.165) is 25.1 Å². The summed E-state index contributed by atoms with van der Waals surface area (Å²) >= 11 is 0. The molecule has 3 rings (SSSR count). The second-order valence-electron chi connectivity index (χ2n) is 6.54. The SMILES string of the molecule is O=S(=O)(Cc1nccc(C(F)(F)F)n1)CC1CC2(CCC2)C1. The summed E-state index contributed by atoms with van der Waals surface area (Å²) in [4.78, 5) is 6.98. The Bertz CT molecular complexity index is 661. The first-order chi connectivity index (χ1) is 10.2. The van der Waals surface area contributed by atoms with Crippen LogP contribution in [0, 0.1) is 11.3 Å². The van der Waals surface area contributed by atoms with Crippen LogP contribution in [0.2, 0.25) is 0 Å². The van der Waals surface area contributed by atoms with Crippen LogP contribution in [0.3, 0.4) is 0 Å². The van der Waals surface area contributed by atoms with Crippen LogP contribution in [0.15, 0.2) is 12.3 Å². The molecule has 8 heteroatoms. The Morgan fingerprint density at radius 2 is 1.95 bits per heavy atom. The van der Waals surface area contributed by atoms with Crippen molar-refractivity contribution >= 4 is 9.84 Å². The van der Waals surface area contributed by atoms with Gasteiger partial charge in [0.05, 0.1) is 5.75 Å². The Kier molecular flexibility index (Phi) is 3.70. The molecule has 1 heterocycles. The zero-order valence-electron chi connectivity index (χ0n) is 11.9. The highest BCUT2D eigenvalue weighted by Gasteiger charge is 2.48. The monoisotopic (exact) mass is 334 g/mol. The zero-order chi connectivity index (χ0) is 16.0. The predicted molar refractivity (Wildman–Crippen MR) is 73.5 cm³/mol. The van der Waals surface area contributed by atoms with Gasteiger partial charge in [0.25, 0.3) is 0 Å². The second kappa shape index (κ2) is 5.18. The molecule has 2 fully saturated rings. The lowest BCUT2D eigenvalue weighted by molar-refractivity contribution is -0.141. The molecule has 2 aliphatic rings. The summed E-state index contributed by atoms with van der Waals surface area (Å²) in [5.74, 6) is -0.655. The Morgan fingerprint density at radius 1 is 1.27 bits per heavy atom. The van der Waals surface area contributed by atoms with Crippen LogP contribution in [-0.2, 0) is 21.8 Å². The summed E-state index contributed by atoms with van der Waals surface area (Å²) in [7, 11) is -3.48. The molecular weight excluding hydrogens is 317 g/mol. The summed E-state index contributed by atoms with van der Waals surface area (Å²) in [6.07, 6.45) is 1.79. The minimum Gasteiger partial charge on any atom is -0.240 e. The van der Waals surface area contributed by atoms with E-state index in [1.807, 2.05) is 0 Å². The van der Waals surface area contributed by atoms with E-state index in [9.17, 15) is 21.6 Å². The van der Waals surface area contributed by atoms with Crippen molar-refractivity contribution in [1.82, 2.24) is 9.97 Å². The highest BCUT2D eigenvalue weighted by molar-refractivity contribution is 7.90. The van der Waals surface area contributed by atoms with Crippen LogP contribution in [0.4, 0.5) is 13.2 Å². The normalized spacial score (nSPS) is 21.4. The van der Waals surface area contributed by atoms with Crippen molar-refractivity contribution in [2.24, 2.45) is 11.3 Å². The van der Waals surface area contributed by atoms with Crippen molar-refractivity contribution in [3.8, 4) is 0 Å². The van der Waals surface area contributed by atoms with E-state index in [1.165, 1.54) is 19.3 Å². The molecule has 0 saturated heterocycles. The number of sulfone groups is 1. The molecule has 0 aliphatic heterocycles. The number of rotatable bonds is 4. The molecule has 0 N–H and O–H groups in total. The highest BCUT2D eigenvalue weighted by Crippen LogP contribution is 2.58. The maximum atomic E-state index is 12.6. The van der Waals surface area contributed by atoms with E-state index in [0.29, 0.717) is 5.41 Å². The summed E-state index contributed by atoms with van der Waals surface area (Å²) < 4.78 is 61.9. The summed E-state index contributed by atoms with van der Waals surface area (Å²) in [6, 6.07) is 0.738. The first-order valence-electron chi connectivity index (χ1n) is 7.27. The van der Waals surface area contributed by atoms with Crippen LogP contribution in [0.25, 0.3) is 0 Å². The average Bonchev–Trinajstić information content (AvgIpc) is 2.29. The fraction of sp³-hybridized carbons (Fsp3) is 0.714. The fourth-order valence-electron chi connectivity index (χ4n) is 3.61. The molecule has 1 spiro atoms. The van der Waals surface area contributed by atoms with E-state index >= 15 is 0 Å². The van der Waals surface area contributed by atoms with Crippen LogP contribution < -0.4 is 0 Å². The molecule has 0 amide bonds. The van der Waals surface area contributed by atoms with E-state index in [1.54, 1.807) is 0 Å². The number of alkyl halides is 3. The van der Waals surface area contributed by atoms with Gasteiger partial charge in [-0.1, -0.05) is 6.42 Å². The van der Waals surface area contributed by atoms with Gasteiger partial charge in [-0.15, -0.1) is 0 Å². The number of hydrogen-bond donors (Lipinski definition) is 0. The Balaban J connectivity index is 1.62. The molecule has 1 aromatic heterocycles. The summed E-state index contributed by atoms with van der Waals surface area (Å²) in [5.41, 5.74) is -0.725. The maximum absolute atomic E-state index is 12.6. The van der Waals surface area contributed by atoms with Gasteiger partial charge in [0.1, 0.15) is 17.3 Å². The number of hydrogen-bond acceptors (Lipinski definition) is 4. The molecule has 0 unspecified atom stereocenters. The lowest BCUT2D eigenvalue weighted by Crippen LogP contribution is -2.45. The number of aromatic nitrogens is 2. The van der Waals surface area contributed by atoms with Crippen molar-refractivity contribution in [1.29, 1.82) is 0 Å². The fourth-order valence-corrected chi connectivity index (χ4v) is 5.21. The summed E-state index contributed by atoms with van der Waals surface area (Å²) in [5, 5.41) is 0. The first-order valence-corrected chi connectivity index (χ1v) is 9.09. The topological polar surface area (TPSA) is 59.9 Å². The molecule has 0 radical (unpaired) electrons. The molecule has 2 aliphatic carbocycles. The van der Waals surface area contributed by atoms with Gasteiger partial charge in [0.15, 0.2) is 9.84 Å². The van der Waals surface area contributed by atoms with Crippen LogP contribution in [0.1, 0.15) is 43.6 Å². The van der Waals surface area contributed by atoms with Crippen molar-refractivity contribution in [2.45, 2.75) is 44.0 Å². The van der Waals surface area contributed by atoms with Gasteiger partial charge in [-0.3, -0.25) is 0 Å². The average molecular weight is 334 g/mol. The van der Waals surface area contributed by atoms with E-state index in [2.05, 4.69) is 9.97 Å².